The van der Waals surface area contributed by atoms with Crippen LogP contribution in [-0.4, -0.2) is 4.98 Å². The summed E-state index contributed by atoms with van der Waals surface area (Å²) in [5.41, 5.74) is -0.0334. The molecule has 1 aromatic rings. The van der Waals surface area contributed by atoms with Gasteiger partial charge in [0.25, 0.3) is 6.43 Å². The predicted molar refractivity (Wildman–Crippen MR) is 58.9 cm³/mol. The van der Waals surface area contributed by atoms with Crippen LogP contribution in [0, 0.1) is 15.0 Å². The molecule has 2 nitrogen and oxygen atoms in total. The lowest BCUT2D eigenvalue weighted by atomic mass is 10.1. The molecule has 0 saturated heterocycles. The first-order valence-corrected chi connectivity index (χ1v) is 5.43. The van der Waals surface area contributed by atoms with Crippen LogP contribution in [-0.2, 0) is 6.42 Å². The summed E-state index contributed by atoms with van der Waals surface area (Å²) in [6, 6.07) is 3.34. The number of nitriles is 1. The summed E-state index contributed by atoms with van der Waals surface area (Å²) < 4.78 is 26.0. The van der Waals surface area contributed by atoms with Crippen LogP contribution < -0.4 is 0 Å². The third kappa shape index (κ3) is 2.60. The lowest BCUT2D eigenvalue weighted by Gasteiger charge is -2.06. The highest BCUT2D eigenvalue weighted by Crippen LogP contribution is 2.27. The molecule has 0 aromatic carbocycles. The van der Waals surface area contributed by atoms with Crippen LogP contribution in [0.1, 0.15) is 17.7 Å². The van der Waals surface area contributed by atoms with Gasteiger partial charge in [-0.1, -0.05) is 0 Å². The lowest BCUT2D eigenvalue weighted by Crippen LogP contribution is -2.00. The first-order valence-electron chi connectivity index (χ1n) is 3.56. The Kier molecular flexibility index (Phi) is 4.19. The SMILES string of the molecule is N#CCc1cc(Br)c(I)nc1C(F)F. The molecule has 0 atom stereocenters. The third-order valence-corrected chi connectivity index (χ3v) is 3.69. The van der Waals surface area contributed by atoms with Crippen molar-refractivity contribution in [3.63, 3.8) is 0 Å². The van der Waals surface area contributed by atoms with Crippen molar-refractivity contribution < 1.29 is 8.78 Å². The van der Waals surface area contributed by atoms with E-state index < -0.39 is 6.43 Å². The van der Waals surface area contributed by atoms with Crippen molar-refractivity contribution >= 4 is 38.5 Å². The second kappa shape index (κ2) is 4.98. The van der Waals surface area contributed by atoms with Crippen LogP contribution in [0.25, 0.3) is 0 Å². The van der Waals surface area contributed by atoms with Crippen LogP contribution in [0.5, 0.6) is 0 Å². The fourth-order valence-corrected chi connectivity index (χ4v) is 1.71. The number of hydrogen-bond donors (Lipinski definition) is 0. The average molecular weight is 373 g/mol. The number of aromatic nitrogens is 1. The lowest BCUT2D eigenvalue weighted by molar-refractivity contribution is 0.144. The number of halogens is 4. The molecule has 0 amide bonds. The van der Waals surface area contributed by atoms with Gasteiger partial charge in [0.1, 0.15) is 9.39 Å². The molecule has 14 heavy (non-hydrogen) atoms. The number of hydrogen-bond acceptors (Lipinski definition) is 2. The van der Waals surface area contributed by atoms with Gasteiger partial charge in [0, 0.05) is 4.47 Å². The number of nitrogens with zero attached hydrogens (tertiary/aromatic N) is 2. The van der Waals surface area contributed by atoms with Crippen LogP contribution in [0.3, 0.4) is 0 Å². The van der Waals surface area contributed by atoms with Gasteiger partial charge in [-0.15, -0.1) is 0 Å². The highest BCUT2D eigenvalue weighted by Gasteiger charge is 2.16. The van der Waals surface area contributed by atoms with Crippen molar-refractivity contribution in [1.82, 2.24) is 4.98 Å². The van der Waals surface area contributed by atoms with E-state index in [2.05, 4.69) is 20.9 Å². The Morgan fingerprint density at radius 3 is 2.79 bits per heavy atom. The Balaban J connectivity index is 3.25. The Hall–Kier alpha value is -0.290. The molecular formula is C8H4BrF2IN2. The summed E-state index contributed by atoms with van der Waals surface area (Å²) in [5, 5.41) is 8.45. The van der Waals surface area contributed by atoms with Gasteiger partial charge in [0.15, 0.2) is 0 Å². The first-order chi connectivity index (χ1) is 6.56. The summed E-state index contributed by atoms with van der Waals surface area (Å²) in [7, 11) is 0. The summed E-state index contributed by atoms with van der Waals surface area (Å²) in [5.74, 6) is 0. The van der Waals surface area contributed by atoms with E-state index in [1.807, 2.05) is 28.7 Å². The second-order valence-corrected chi connectivity index (χ2v) is 4.32. The van der Waals surface area contributed by atoms with Gasteiger partial charge in [0.2, 0.25) is 0 Å². The Morgan fingerprint density at radius 2 is 2.29 bits per heavy atom. The van der Waals surface area contributed by atoms with E-state index >= 15 is 0 Å². The topological polar surface area (TPSA) is 36.7 Å². The van der Waals surface area contributed by atoms with Crippen molar-refractivity contribution in [1.29, 1.82) is 5.26 Å². The molecule has 0 bridgehead atoms. The fourth-order valence-electron chi connectivity index (χ4n) is 0.933. The second-order valence-electron chi connectivity index (χ2n) is 2.44. The molecule has 0 aliphatic rings. The quantitative estimate of drug-likeness (QED) is 0.589. The number of alkyl halides is 2. The van der Waals surface area contributed by atoms with Crippen LogP contribution in [0.15, 0.2) is 10.5 Å². The Labute approximate surface area is 102 Å². The summed E-state index contributed by atoms with van der Waals surface area (Å²) >= 11 is 5.03. The van der Waals surface area contributed by atoms with Crippen LogP contribution >= 0.6 is 38.5 Å². The molecular weight excluding hydrogens is 369 g/mol. The smallest absolute Gasteiger partial charge is 0.239 e. The van der Waals surface area contributed by atoms with Crippen molar-refractivity contribution in [2.45, 2.75) is 12.8 Å². The van der Waals surface area contributed by atoms with Gasteiger partial charge in [-0.3, -0.25) is 0 Å². The molecule has 1 aromatic heterocycles. The van der Waals surface area contributed by atoms with Crippen LogP contribution in [0.4, 0.5) is 8.78 Å². The van der Waals surface area contributed by atoms with Gasteiger partial charge in [-0.05, 0) is 50.2 Å². The van der Waals surface area contributed by atoms with E-state index in [1.54, 1.807) is 0 Å². The van der Waals surface area contributed by atoms with E-state index in [-0.39, 0.29) is 17.7 Å². The maximum Gasteiger partial charge on any atom is 0.280 e. The Bertz CT molecular complexity index is 390. The van der Waals surface area contributed by atoms with E-state index in [1.165, 1.54) is 6.07 Å². The zero-order valence-electron chi connectivity index (χ0n) is 6.77. The van der Waals surface area contributed by atoms with Gasteiger partial charge in [-0.25, -0.2) is 13.8 Å². The number of rotatable bonds is 2. The minimum atomic E-state index is -2.64. The van der Waals surface area contributed by atoms with Gasteiger partial charge in [0.05, 0.1) is 12.5 Å². The number of pyridine rings is 1. The molecule has 6 heteroatoms. The molecule has 0 N–H and O–H groups in total. The molecule has 1 heterocycles. The maximum absolute atomic E-state index is 12.5. The average Bonchev–Trinajstić information content (AvgIpc) is 2.11. The van der Waals surface area contributed by atoms with Crippen LogP contribution in [0.2, 0.25) is 0 Å². The van der Waals surface area contributed by atoms with Crippen molar-refractivity contribution in [2.24, 2.45) is 0 Å². The normalized spacial score (nSPS) is 10.3. The van der Waals surface area contributed by atoms with Crippen molar-refractivity contribution in [2.75, 3.05) is 0 Å². The van der Waals surface area contributed by atoms with E-state index in [4.69, 9.17) is 5.26 Å². The monoisotopic (exact) mass is 372 g/mol. The van der Waals surface area contributed by atoms with Gasteiger partial charge in [-0.2, -0.15) is 5.26 Å². The Morgan fingerprint density at radius 1 is 1.64 bits per heavy atom. The molecule has 0 unspecified atom stereocenters. The summed E-state index contributed by atoms with van der Waals surface area (Å²) in [6.45, 7) is 0. The standard InChI is InChI=1S/C8H4BrF2IN2/c9-5-3-4(1-2-13)6(7(10)11)14-8(5)12/h3,7H,1H2. The molecule has 1 rings (SSSR count). The van der Waals surface area contributed by atoms with E-state index in [0.29, 0.717) is 8.17 Å². The van der Waals surface area contributed by atoms with Gasteiger partial charge >= 0.3 is 0 Å². The minimum Gasteiger partial charge on any atom is -0.239 e. The summed E-state index contributed by atoms with van der Waals surface area (Å²) in [4.78, 5) is 3.73. The molecule has 0 aliphatic heterocycles. The zero-order valence-corrected chi connectivity index (χ0v) is 10.5. The maximum atomic E-state index is 12.5. The predicted octanol–water partition coefficient (Wildman–Crippen LogP) is 3.45. The molecule has 0 aliphatic carbocycles. The third-order valence-electron chi connectivity index (χ3n) is 1.52. The van der Waals surface area contributed by atoms with Crippen molar-refractivity contribution in [3.05, 3.63) is 25.5 Å². The van der Waals surface area contributed by atoms with E-state index in [9.17, 15) is 8.78 Å². The molecule has 0 fully saturated rings. The van der Waals surface area contributed by atoms with Gasteiger partial charge < -0.3 is 0 Å². The zero-order chi connectivity index (χ0) is 10.7. The molecule has 0 saturated carbocycles. The molecule has 0 spiro atoms. The molecule has 74 valence electrons. The minimum absolute atomic E-state index is 0.0534. The first kappa shape index (κ1) is 11.8. The molecule has 0 radical (unpaired) electrons. The fraction of sp³-hybridized carbons (Fsp3) is 0.250. The highest BCUT2D eigenvalue weighted by atomic mass is 127. The largest absolute Gasteiger partial charge is 0.280 e. The summed E-state index contributed by atoms with van der Waals surface area (Å²) in [6.07, 6.45) is -2.69. The van der Waals surface area contributed by atoms with E-state index in [0.717, 1.165) is 0 Å². The van der Waals surface area contributed by atoms with Crippen molar-refractivity contribution in [3.8, 4) is 6.07 Å². The highest BCUT2D eigenvalue weighted by molar-refractivity contribution is 14.1.